The summed E-state index contributed by atoms with van der Waals surface area (Å²) < 4.78 is 25.2. The predicted octanol–water partition coefficient (Wildman–Crippen LogP) is 3.06. The molecular formula is C21H19N3O3S2. The number of hydrogen-bond acceptors (Lipinski definition) is 6. The van der Waals surface area contributed by atoms with Crippen molar-refractivity contribution < 1.29 is 13.2 Å². The van der Waals surface area contributed by atoms with Gasteiger partial charge in [-0.05, 0) is 29.8 Å². The molecule has 1 saturated heterocycles. The number of pyridine rings is 1. The van der Waals surface area contributed by atoms with Crippen molar-refractivity contribution in [1.29, 1.82) is 0 Å². The molecule has 5 rings (SSSR count). The lowest BCUT2D eigenvalue weighted by Crippen LogP contribution is -2.48. The molecule has 0 radical (unpaired) electrons. The molecule has 1 amide bonds. The highest BCUT2D eigenvalue weighted by Crippen LogP contribution is 2.42. The highest BCUT2D eigenvalue weighted by atomic mass is 32.2. The van der Waals surface area contributed by atoms with E-state index in [2.05, 4.69) is 9.88 Å². The van der Waals surface area contributed by atoms with Gasteiger partial charge in [0.25, 0.3) is 5.91 Å². The SMILES string of the molecule is O=C(c1cc2c(s1)-c1ccccc1S(=O)(=O)C2)N1CCN(c2ccccn2)CC1. The first-order valence-corrected chi connectivity index (χ1v) is 11.9. The molecule has 0 N–H and O–H groups in total. The van der Waals surface area contributed by atoms with Crippen LogP contribution in [0.1, 0.15) is 15.2 Å². The summed E-state index contributed by atoms with van der Waals surface area (Å²) in [6.07, 6.45) is 1.77. The lowest BCUT2D eigenvalue weighted by Gasteiger charge is -2.35. The number of anilines is 1. The maximum Gasteiger partial charge on any atom is 0.264 e. The van der Waals surface area contributed by atoms with Gasteiger partial charge in [-0.25, -0.2) is 13.4 Å². The third-order valence-electron chi connectivity index (χ3n) is 5.37. The first-order chi connectivity index (χ1) is 14.0. The lowest BCUT2D eigenvalue weighted by atomic mass is 10.1. The number of carbonyl (C=O) groups is 1. The van der Waals surface area contributed by atoms with Crippen LogP contribution in [0.4, 0.5) is 5.82 Å². The number of hydrogen-bond donors (Lipinski definition) is 0. The number of thiophene rings is 1. The molecule has 8 heteroatoms. The van der Waals surface area contributed by atoms with Gasteiger partial charge in [0.15, 0.2) is 9.84 Å². The Hall–Kier alpha value is -2.71. The minimum absolute atomic E-state index is 0.0278. The topological polar surface area (TPSA) is 70.6 Å². The number of carbonyl (C=O) groups excluding carboxylic acids is 1. The van der Waals surface area contributed by atoms with Crippen LogP contribution < -0.4 is 4.90 Å². The van der Waals surface area contributed by atoms with Crippen LogP contribution in [-0.4, -0.2) is 50.4 Å². The van der Waals surface area contributed by atoms with Crippen LogP contribution in [0, 0.1) is 0 Å². The van der Waals surface area contributed by atoms with E-state index in [1.807, 2.05) is 35.2 Å². The van der Waals surface area contributed by atoms with E-state index in [1.165, 1.54) is 11.3 Å². The molecule has 2 aliphatic heterocycles. The third kappa shape index (κ3) is 3.22. The Morgan fingerprint density at radius 2 is 1.76 bits per heavy atom. The zero-order chi connectivity index (χ0) is 20.0. The molecule has 6 nitrogen and oxygen atoms in total. The van der Waals surface area contributed by atoms with Crippen LogP contribution in [0.2, 0.25) is 0 Å². The Morgan fingerprint density at radius 1 is 1.00 bits per heavy atom. The van der Waals surface area contributed by atoms with E-state index in [4.69, 9.17) is 0 Å². The van der Waals surface area contributed by atoms with Crippen molar-refractivity contribution in [2.45, 2.75) is 10.6 Å². The van der Waals surface area contributed by atoms with Gasteiger partial charge in [-0.2, -0.15) is 0 Å². The summed E-state index contributed by atoms with van der Waals surface area (Å²) in [5.41, 5.74) is 1.43. The van der Waals surface area contributed by atoms with Crippen LogP contribution in [0.5, 0.6) is 0 Å². The predicted molar refractivity (Wildman–Crippen MR) is 113 cm³/mol. The van der Waals surface area contributed by atoms with E-state index in [0.29, 0.717) is 28.4 Å². The van der Waals surface area contributed by atoms with Crippen molar-refractivity contribution in [3.63, 3.8) is 0 Å². The summed E-state index contributed by atoms with van der Waals surface area (Å²) in [6, 6.07) is 14.6. The number of sulfone groups is 1. The van der Waals surface area contributed by atoms with E-state index in [1.54, 1.807) is 24.4 Å². The average molecular weight is 426 g/mol. The molecule has 148 valence electrons. The molecule has 1 fully saturated rings. The second-order valence-electron chi connectivity index (χ2n) is 7.19. The molecule has 3 aromatic rings. The number of fused-ring (bicyclic) bond motifs is 3. The van der Waals surface area contributed by atoms with Gasteiger partial charge in [0, 0.05) is 42.8 Å². The number of amides is 1. The number of nitrogens with zero attached hydrogens (tertiary/aromatic N) is 3. The summed E-state index contributed by atoms with van der Waals surface area (Å²) in [4.78, 5) is 23.3. The zero-order valence-electron chi connectivity index (χ0n) is 15.6. The van der Waals surface area contributed by atoms with Gasteiger partial charge in [0.2, 0.25) is 0 Å². The Bertz CT molecular complexity index is 1180. The van der Waals surface area contributed by atoms with E-state index in [-0.39, 0.29) is 11.7 Å². The minimum Gasteiger partial charge on any atom is -0.353 e. The summed E-state index contributed by atoms with van der Waals surface area (Å²) in [5.74, 6) is 0.851. The Morgan fingerprint density at radius 3 is 2.52 bits per heavy atom. The monoisotopic (exact) mass is 425 g/mol. The van der Waals surface area contributed by atoms with Gasteiger partial charge in [0.05, 0.1) is 15.5 Å². The smallest absolute Gasteiger partial charge is 0.264 e. The fourth-order valence-corrected chi connectivity index (χ4v) is 6.84. The van der Waals surface area contributed by atoms with Crippen LogP contribution in [-0.2, 0) is 15.6 Å². The highest BCUT2D eigenvalue weighted by molar-refractivity contribution is 7.91. The maximum absolute atomic E-state index is 13.1. The molecule has 2 aliphatic rings. The van der Waals surface area contributed by atoms with Crippen molar-refractivity contribution >= 4 is 32.9 Å². The molecule has 0 bridgehead atoms. The second kappa shape index (κ2) is 6.96. The number of piperazine rings is 1. The molecule has 0 unspecified atom stereocenters. The first-order valence-electron chi connectivity index (χ1n) is 9.43. The maximum atomic E-state index is 13.1. The number of rotatable bonds is 2. The van der Waals surface area contributed by atoms with E-state index in [0.717, 1.165) is 29.3 Å². The Labute approximate surface area is 173 Å². The van der Waals surface area contributed by atoms with Crippen molar-refractivity contribution in [1.82, 2.24) is 9.88 Å². The van der Waals surface area contributed by atoms with Crippen LogP contribution in [0.25, 0.3) is 10.4 Å². The standard InChI is InChI=1S/C21H19N3O3S2/c25-21(24-11-9-23(10-12-24)19-7-3-4-8-22-19)17-13-15-14-29(26,27)18-6-2-1-5-16(18)20(15)28-17/h1-8,13H,9-12,14H2. The molecule has 1 aromatic carbocycles. The Kier molecular flexibility index (Phi) is 4.40. The average Bonchev–Trinajstić information content (AvgIpc) is 3.17. The summed E-state index contributed by atoms with van der Waals surface area (Å²) in [6.45, 7) is 2.69. The van der Waals surface area contributed by atoms with Gasteiger partial charge in [-0.15, -0.1) is 11.3 Å². The van der Waals surface area contributed by atoms with E-state index >= 15 is 0 Å². The van der Waals surface area contributed by atoms with Gasteiger partial charge in [0.1, 0.15) is 5.82 Å². The second-order valence-corrected chi connectivity index (χ2v) is 10.2. The molecule has 2 aromatic heterocycles. The van der Waals surface area contributed by atoms with Crippen LogP contribution in [0.3, 0.4) is 0 Å². The van der Waals surface area contributed by atoms with E-state index in [9.17, 15) is 13.2 Å². The highest BCUT2D eigenvalue weighted by Gasteiger charge is 2.32. The molecule has 0 atom stereocenters. The molecule has 4 heterocycles. The molecule has 0 saturated carbocycles. The van der Waals surface area contributed by atoms with Gasteiger partial charge < -0.3 is 9.80 Å². The summed E-state index contributed by atoms with van der Waals surface area (Å²) in [5, 5.41) is 0. The van der Waals surface area contributed by atoms with Crippen LogP contribution >= 0.6 is 11.3 Å². The lowest BCUT2D eigenvalue weighted by molar-refractivity contribution is 0.0751. The third-order valence-corrected chi connectivity index (χ3v) is 8.29. The number of benzene rings is 1. The minimum atomic E-state index is -3.36. The fraction of sp³-hybridized carbons (Fsp3) is 0.238. The molecular weight excluding hydrogens is 406 g/mol. The molecule has 0 aliphatic carbocycles. The van der Waals surface area contributed by atoms with Crippen molar-refractivity contribution in [3.05, 3.63) is 65.2 Å². The summed E-state index contributed by atoms with van der Waals surface area (Å²) in [7, 11) is -3.36. The van der Waals surface area contributed by atoms with Gasteiger partial charge >= 0.3 is 0 Å². The Balaban J connectivity index is 1.38. The van der Waals surface area contributed by atoms with Crippen molar-refractivity contribution in [3.8, 4) is 10.4 Å². The number of aromatic nitrogens is 1. The quantitative estimate of drug-likeness (QED) is 0.631. The zero-order valence-corrected chi connectivity index (χ0v) is 17.2. The molecule has 29 heavy (non-hydrogen) atoms. The summed E-state index contributed by atoms with van der Waals surface area (Å²) >= 11 is 1.40. The van der Waals surface area contributed by atoms with E-state index < -0.39 is 9.84 Å². The normalized spacial score (nSPS) is 17.5. The van der Waals surface area contributed by atoms with Crippen molar-refractivity contribution in [2.24, 2.45) is 0 Å². The fourth-order valence-electron chi connectivity index (χ4n) is 3.91. The largest absolute Gasteiger partial charge is 0.353 e. The van der Waals surface area contributed by atoms with Crippen molar-refractivity contribution in [2.75, 3.05) is 31.1 Å². The van der Waals surface area contributed by atoms with Crippen LogP contribution in [0.15, 0.2) is 59.6 Å². The van der Waals surface area contributed by atoms with Gasteiger partial charge in [-0.3, -0.25) is 4.79 Å². The molecule has 0 spiro atoms. The first kappa shape index (κ1) is 18.3. The van der Waals surface area contributed by atoms with Gasteiger partial charge in [-0.1, -0.05) is 24.3 Å².